The Morgan fingerprint density at radius 3 is 2.22 bits per heavy atom. The summed E-state index contributed by atoms with van der Waals surface area (Å²) in [7, 11) is 1.28. The molecular weight excluding hydrogens is 909 g/mol. The molecule has 1 aliphatic rings. The number of nitrogens with two attached hydrogens (primary N) is 1. The molecule has 1 aliphatic heterocycles. The van der Waals surface area contributed by atoms with E-state index in [9.17, 15) is 72.4 Å². The fourth-order valence-corrected chi connectivity index (χ4v) is 7.30. The smallest absolute Gasteiger partial charge is 0.322 e. The number of Topliss-reactive ketones (excluding diaryl/α,β-unsaturated/α-hetero) is 1. The number of ketones is 1. The summed E-state index contributed by atoms with van der Waals surface area (Å²) >= 11 is 4.22. The summed E-state index contributed by atoms with van der Waals surface area (Å²) in [5.74, 6) is -13.2. The number of hydrogen-bond donors (Lipinski definition) is 11. The van der Waals surface area contributed by atoms with E-state index in [4.69, 9.17) is 5.73 Å². The van der Waals surface area contributed by atoms with Crippen LogP contribution in [0.2, 0.25) is 0 Å². The number of likely N-dealkylation sites (tertiary alicyclic amines) is 1. The highest BCUT2D eigenvalue weighted by Crippen LogP contribution is 2.29. The number of halogens is 2. The first-order valence-electron chi connectivity index (χ1n) is 21.1. The van der Waals surface area contributed by atoms with Gasteiger partial charge in [-0.25, -0.2) is 8.78 Å². The fraction of sp³-hybridized carbons (Fsp3) is 0.548. The lowest BCUT2D eigenvalue weighted by molar-refractivity contribution is -0.142. The number of pyridine rings is 1. The maximum atomic E-state index is 13.9. The molecule has 67 heavy (non-hydrogen) atoms. The monoisotopic (exact) mass is 965 g/mol. The maximum absolute atomic E-state index is 13.9. The number of carbonyl (C=O) groups excluding carboxylic acids is 6. The molecule has 3 rings (SSSR count). The Bertz CT molecular complexity index is 2210. The van der Waals surface area contributed by atoms with Crippen LogP contribution in [0, 0.1) is 5.92 Å². The summed E-state index contributed by atoms with van der Waals surface area (Å²) in [6, 6.07) is 1.23. The number of unbranched alkanes of at least 4 members (excludes halogenated alkanes) is 1. The molecule has 1 saturated heterocycles. The van der Waals surface area contributed by atoms with Gasteiger partial charge in [0.1, 0.15) is 18.1 Å². The Hall–Kier alpha value is -6.18. The van der Waals surface area contributed by atoms with Gasteiger partial charge in [0, 0.05) is 48.6 Å². The summed E-state index contributed by atoms with van der Waals surface area (Å²) in [5, 5.41) is 51.9. The van der Waals surface area contributed by atoms with E-state index < -0.39 is 146 Å². The van der Waals surface area contributed by atoms with Gasteiger partial charge in [0.05, 0.1) is 61.2 Å². The van der Waals surface area contributed by atoms with Crippen molar-refractivity contribution < 1.29 is 72.4 Å². The summed E-state index contributed by atoms with van der Waals surface area (Å²) < 4.78 is 26.6. The number of para-hydroxylation sites is 1. The Balaban J connectivity index is 1.64. The number of carbonyl (C=O) groups is 9. The first kappa shape index (κ1) is 55.1. The Morgan fingerprint density at radius 2 is 1.61 bits per heavy atom. The van der Waals surface area contributed by atoms with E-state index in [2.05, 4.69) is 49.2 Å². The van der Waals surface area contributed by atoms with Crippen LogP contribution in [0.5, 0.6) is 0 Å². The number of carboxylic acid groups (broad SMARTS) is 3. The second kappa shape index (κ2) is 25.1. The van der Waals surface area contributed by atoms with Crippen molar-refractivity contribution in [3.8, 4) is 0 Å². The molecule has 2 aromatic rings. The molecule has 5 amide bonds. The van der Waals surface area contributed by atoms with Gasteiger partial charge in [-0.1, -0.05) is 18.6 Å². The van der Waals surface area contributed by atoms with E-state index >= 15 is 0 Å². The van der Waals surface area contributed by atoms with Gasteiger partial charge in [-0.15, -0.1) is 0 Å². The van der Waals surface area contributed by atoms with E-state index in [0.29, 0.717) is 12.8 Å². The molecule has 11 N–H and O–H groups in total. The van der Waals surface area contributed by atoms with E-state index in [1.165, 1.54) is 51.4 Å². The van der Waals surface area contributed by atoms with E-state index in [0.717, 1.165) is 4.90 Å². The van der Waals surface area contributed by atoms with Crippen LogP contribution < -0.4 is 32.3 Å². The molecule has 0 radical (unpaired) electrons. The molecule has 25 heteroatoms. The van der Waals surface area contributed by atoms with E-state index in [1.807, 2.05) is 0 Å². The van der Waals surface area contributed by atoms with Crippen molar-refractivity contribution in [1.82, 2.24) is 31.2 Å². The zero-order chi connectivity index (χ0) is 50.2. The lowest BCUT2D eigenvalue weighted by atomic mass is 9.92. The van der Waals surface area contributed by atoms with Crippen LogP contribution in [0.25, 0.3) is 10.9 Å². The van der Waals surface area contributed by atoms with Crippen LogP contribution >= 0.6 is 12.6 Å². The van der Waals surface area contributed by atoms with Gasteiger partial charge in [-0.2, -0.15) is 12.6 Å². The van der Waals surface area contributed by atoms with Gasteiger partial charge in [0.2, 0.25) is 23.6 Å². The number of aliphatic imine (C=N–C) groups is 1. The number of nitrogens with one attached hydrogen (secondary N) is 5. The number of carboxylic acids is 3. The van der Waals surface area contributed by atoms with Crippen LogP contribution in [0.4, 0.5) is 14.5 Å². The second-order valence-corrected chi connectivity index (χ2v) is 17.5. The molecule has 1 aromatic heterocycles. The summed E-state index contributed by atoms with van der Waals surface area (Å²) in [5.41, 5.74) is 5.93. The molecule has 0 aliphatic carbocycles. The number of thiol groups is 1. The van der Waals surface area contributed by atoms with Gasteiger partial charge >= 0.3 is 17.9 Å². The summed E-state index contributed by atoms with van der Waals surface area (Å²) in [4.78, 5) is 123. The maximum Gasteiger partial charge on any atom is 0.322 e. The van der Waals surface area contributed by atoms with Crippen molar-refractivity contribution in [3.63, 3.8) is 0 Å². The average molecular weight is 966 g/mol. The number of aliphatic hydroxyl groups is 1. The number of nitrogens with zero attached hydrogens (tertiary/aromatic N) is 3. The molecule has 5 atom stereocenters. The normalized spacial score (nSPS) is 16.3. The molecule has 368 valence electrons. The quantitative estimate of drug-likeness (QED) is 0.0333. The molecule has 1 fully saturated rings. The fourth-order valence-electron chi connectivity index (χ4n) is 7.11. The number of alkyl halides is 2. The topological polar surface area (TPSA) is 349 Å². The van der Waals surface area contributed by atoms with Crippen molar-refractivity contribution >= 4 is 88.3 Å². The number of fused-ring (bicyclic) bond motifs is 1. The number of aliphatic carboxylic acids is 3. The number of aliphatic hydroxyl groups excluding tert-OH is 1. The first-order valence-corrected chi connectivity index (χ1v) is 21.6. The number of amides is 5. The predicted molar refractivity (Wildman–Crippen MR) is 239 cm³/mol. The van der Waals surface area contributed by atoms with Gasteiger partial charge < -0.3 is 47.4 Å². The van der Waals surface area contributed by atoms with E-state index in [1.54, 1.807) is 0 Å². The van der Waals surface area contributed by atoms with Gasteiger partial charge in [-0.05, 0) is 51.8 Å². The molecule has 0 bridgehead atoms. The summed E-state index contributed by atoms with van der Waals surface area (Å²) in [6.07, 6.45) is -3.62. The van der Waals surface area contributed by atoms with Crippen LogP contribution in [-0.2, 0) is 38.4 Å². The highest BCUT2D eigenvalue weighted by molar-refractivity contribution is 7.81. The first-order chi connectivity index (χ1) is 31.4. The van der Waals surface area contributed by atoms with Gasteiger partial charge in [-0.3, -0.25) is 63.3 Å². The molecule has 0 spiro atoms. The zero-order valence-electron chi connectivity index (χ0n) is 37.1. The Labute approximate surface area is 388 Å². The lowest BCUT2D eigenvalue weighted by Gasteiger charge is -2.33. The largest absolute Gasteiger partial charge is 0.481 e. The molecule has 1 unspecified atom stereocenters. The summed E-state index contributed by atoms with van der Waals surface area (Å²) in [6.45, 7) is 1.65. The highest BCUT2D eigenvalue weighted by atomic mass is 32.1. The van der Waals surface area contributed by atoms with Crippen molar-refractivity contribution in [3.05, 3.63) is 36.0 Å². The minimum atomic E-state index is -3.16. The number of rotatable bonds is 27. The third kappa shape index (κ3) is 17.2. The number of anilines is 1. The molecular formula is C42H57F2N9O13S. The van der Waals surface area contributed by atoms with Crippen LogP contribution in [0.15, 0.2) is 35.5 Å². The second-order valence-electron chi connectivity index (χ2n) is 16.4. The van der Waals surface area contributed by atoms with Crippen LogP contribution in [0.3, 0.4) is 0 Å². The van der Waals surface area contributed by atoms with Gasteiger partial charge in [0.15, 0.2) is 5.78 Å². The van der Waals surface area contributed by atoms with Crippen molar-refractivity contribution in [1.29, 1.82) is 0 Å². The van der Waals surface area contributed by atoms with Gasteiger partial charge in [0.25, 0.3) is 11.8 Å². The Kier molecular flexibility index (Phi) is 20.7. The standard InChI is InChI=1S/C42H57F2N9O13S/c1-41(2,67)36(40(65)66)52-39(64)27(18-34(60)61)51-37(62)22(7-4-5-15-45)10-11-28(54)26(17-33(58)59)50-31(56)13-12-30(55)49-25-9-6-8-23-24(14-16-47-35(23)25)38(63)48-20-32(57)53-21-42(43,44)19-29(53)46-3/h6,8-9,14,16,22,26-27,36,39,52,64,67H,4-5,7,10-13,15,17-21,45H2,1-3H3,(H,48,63)(H,49,55)(H,50,56)(H,51,62)(H,58,59)(H,60,61)(H,65,66)/t22-,26+,27+,36-,39?/m1/s1. The van der Waals surface area contributed by atoms with Crippen molar-refractivity contribution in [2.24, 2.45) is 16.6 Å². The lowest BCUT2D eigenvalue weighted by Crippen LogP contribution is -2.60. The van der Waals surface area contributed by atoms with Crippen LogP contribution in [0.1, 0.15) is 88.4 Å². The molecule has 0 saturated carbocycles. The van der Waals surface area contributed by atoms with Crippen molar-refractivity contribution in [2.75, 3.05) is 32.0 Å². The van der Waals surface area contributed by atoms with Crippen LogP contribution in [-0.4, -0.2) is 151 Å². The van der Waals surface area contributed by atoms with E-state index in [-0.39, 0.29) is 47.4 Å². The minimum Gasteiger partial charge on any atom is -0.481 e. The molecule has 22 nitrogen and oxygen atoms in total. The third-order valence-corrected chi connectivity index (χ3v) is 10.8. The predicted octanol–water partition coefficient (Wildman–Crippen LogP) is 0.662. The SMILES string of the molecule is CN=C1CC(F)(F)CN1C(=O)CNC(=O)c1ccnc2c(NC(=O)CCC(=O)N[C@@H](CC(=O)O)C(=O)CC[C@@H](CCCCN)C(=O)N[C@@H](CC(=O)O)C(O)N[C@H](C(=O)O)C(C)(C)S)cccc12. The number of aromatic nitrogens is 1. The number of benzene rings is 1. The molecule has 1 aromatic carbocycles. The minimum absolute atomic E-state index is 0.0410. The number of amidine groups is 1. The zero-order valence-corrected chi connectivity index (χ0v) is 37.9. The third-order valence-electron chi connectivity index (χ3n) is 10.6. The Morgan fingerprint density at radius 1 is 0.940 bits per heavy atom. The highest BCUT2D eigenvalue weighted by Gasteiger charge is 2.45. The molecule has 2 heterocycles. The number of hydrogen-bond acceptors (Lipinski definition) is 15. The van der Waals surface area contributed by atoms with Crippen molar-refractivity contribution in [2.45, 2.75) is 113 Å². The average Bonchev–Trinajstić information content (AvgIpc) is 3.57.